The Morgan fingerprint density at radius 2 is 1.23 bits per heavy atom. The van der Waals surface area contributed by atoms with Crippen molar-refractivity contribution in [3.63, 3.8) is 0 Å². The molecule has 0 radical (unpaired) electrons. The summed E-state index contributed by atoms with van der Waals surface area (Å²) in [5.41, 5.74) is 0.822. The third-order valence-electron chi connectivity index (χ3n) is 3.76. The van der Waals surface area contributed by atoms with Crippen LogP contribution in [0.1, 0.15) is 0 Å². The average Bonchev–Trinajstić information content (AvgIpc) is 2.58. The normalized spacial score (nSPS) is 11.6. The van der Waals surface area contributed by atoms with Gasteiger partial charge in [0, 0.05) is 5.56 Å². The molecule has 8 heteroatoms. The van der Waals surface area contributed by atoms with Gasteiger partial charge in [0.25, 0.3) is 0 Å². The number of sulfonamides is 1. The summed E-state index contributed by atoms with van der Waals surface area (Å²) < 4.78 is 77.1. The molecule has 0 heterocycles. The Hall–Kier alpha value is -2.71. The number of primary sulfonamides is 1. The Bertz CT molecular complexity index is 1110. The van der Waals surface area contributed by atoms with Gasteiger partial charge >= 0.3 is 0 Å². The van der Waals surface area contributed by atoms with Gasteiger partial charge < -0.3 is 0 Å². The Balaban J connectivity index is 2.20. The number of benzene rings is 3. The fraction of sp³-hybridized carbons (Fsp3) is 0. The van der Waals surface area contributed by atoms with E-state index < -0.39 is 38.2 Å². The summed E-state index contributed by atoms with van der Waals surface area (Å²) >= 11 is 0. The van der Waals surface area contributed by atoms with Crippen molar-refractivity contribution in [2.24, 2.45) is 5.14 Å². The van der Waals surface area contributed by atoms with E-state index >= 15 is 0 Å². The average molecular weight is 381 g/mol. The lowest BCUT2D eigenvalue weighted by Gasteiger charge is -2.11. The van der Waals surface area contributed by atoms with Gasteiger partial charge in [-0.3, -0.25) is 0 Å². The molecule has 0 spiro atoms. The minimum absolute atomic E-state index is 0.143. The molecule has 0 aliphatic heterocycles. The number of hydrogen-bond donors (Lipinski definition) is 1. The van der Waals surface area contributed by atoms with Crippen LogP contribution >= 0.6 is 0 Å². The topological polar surface area (TPSA) is 60.2 Å². The van der Waals surface area contributed by atoms with Gasteiger partial charge in [0.1, 0.15) is 0 Å². The Morgan fingerprint density at radius 3 is 1.88 bits per heavy atom. The van der Waals surface area contributed by atoms with E-state index in [1.54, 1.807) is 6.07 Å². The third kappa shape index (κ3) is 3.47. The smallest absolute Gasteiger partial charge is 0.225 e. The van der Waals surface area contributed by atoms with Crippen LogP contribution in [0.4, 0.5) is 17.6 Å². The molecule has 2 N–H and O–H groups in total. The van der Waals surface area contributed by atoms with Gasteiger partial charge in [-0.05, 0) is 47.0 Å². The van der Waals surface area contributed by atoms with Crippen molar-refractivity contribution in [2.45, 2.75) is 4.90 Å². The predicted molar refractivity (Wildman–Crippen MR) is 88.5 cm³/mol. The SMILES string of the molecule is NS(=O)(=O)c1cc(F)c(F)cc1-c1cccc(-c2ccc(F)c(F)c2)c1. The number of rotatable bonds is 3. The van der Waals surface area contributed by atoms with Gasteiger partial charge in [0.2, 0.25) is 10.0 Å². The molecule has 0 saturated carbocycles. The Kier molecular flexibility index (Phi) is 4.55. The van der Waals surface area contributed by atoms with Crippen LogP contribution in [-0.4, -0.2) is 8.42 Å². The first kappa shape index (κ1) is 18.1. The zero-order valence-corrected chi connectivity index (χ0v) is 13.8. The molecule has 0 unspecified atom stereocenters. The van der Waals surface area contributed by atoms with Crippen LogP contribution in [-0.2, 0) is 10.0 Å². The summed E-state index contributed by atoms with van der Waals surface area (Å²) in [7, 11) is -4.33. The molecular weight excluding hydrogens is 370 g/mol. The highest BCUT2D eigenvalue weighted by atomic mass is 32.2. The van der Waals surface area contributed by atoms with Gasteiger partial charge in [0.05, 0.1) is 4.90 Å². The molecule has 26 heavy (non-hydrogen) atoms. The number of halogens is 4. The Labute approximate surface area is 146 Å². The molecule has 0 aromatic heterocycles. The molecule has 3 rings (SSSR count). The summed E-state index contributed by atoms with van der Waals surface area (Å²) in [4.78, 5) is -0.584. The Morgan fingerprint density at radius 1 is 0.654 bits per heavy atom. The van der Waals surface area contributed by atoms with Crippen LogP contribution in [0.3, 0.4) is 0 Å². The fourth-order valence-corrected chi connectivity index (χ4v) is 3.28. The van der Waals surface area contributed by atoms with Crippen LogP contribution in [0.2, 0.25) is 0 Å². The lowest BCUT2D eigenvalue weighted by Crippen LogP contribution is -2.14. The van der Waals surface area contributed by atoms with Crippen molar-refractivity contribution in [2.75, 3.05) is 0 Å². The minimum Gasteiger partial charge on any atom is -0.225 e. The van der Waals surface area contributed by atoms with Crippen molar-refractivity contribution in [1.29, 1.82) is 0 Å². The number of nitrogens with two attached hydrogens (primary N) is 1. The zero-order chi connectivity index (χ0) is 19.1. The minimum atomic E-state index is -4.33. The third-order valence-corrected chi connectivity index (χ3v) is 4.71. The van der Waals surface area contributed by atoms with Crippen LogP contribution in [0.5, 0.6) is 0 Å². The van der Waals surface area contributed by atoms with Crippen LogP contribution in [0.25, 0.3) is 22.3 Å². The molecule has 0 atom stereocenters. The molecule has 0 bridgehead atoms. The first-order chi connectivity index (χ1) is 12.2. The second kappa shape index (κ2) is 6.54. The lowest BCUT2D eigenvalue weighted by atomic mass is 9.99. The summed E-state index contributed by atoms with van der Waals surface area (Å²) in [6, 6.07) is 10.5. The first-order valence-corrected chi connectivity index (χ1v) is 8.79. The second-order valence-electron chi connectivity index (χ2n) is 5.52. The molecule has 0 aliphatic rings. The van der Waals surface area contributed by atoms with Gasteiger partial charge in [-0.15, -0.1) is 0 Å². The largest absolute Gasteiger partial charge is 0.238 e. The van der Waals surface area contributed by atoms with E-state index in [2.05, 4.69) is 0 Å². The maximum Gasteiger partial charge on any atom is 0.238 e. The molecule has 0 aliphatic carbocycles. The maximum atomic E-state index is 13.7. The van der Waals surface area contributed by atoms with Crippen molar-refractivity contribution in [3.8, 4) is 22.3 Å². The molecular formula is C18H11F4NO2S. The van der Waals surface area contributed by atoms with Crippen molar-refractivity contribution in [1.82, 2.24) is 0 Å². The number of hydrogen-bond acceptors (Lipinski definition) is 2. The van der Waals surface area contributed by atoms with Gasteiger partial charge in [-0.2, -0.15) is 0 Å². The van der Waals surface area contributed by atoms with Gasteiger partial charge in [-0.1, -0.05) is 24.3 Å². The summed E-state index contributed by atoms with van der Waals surface area (Å²) in [5, 5.41) is 5.09. The van der Waals surface area contributed by atoms with E-state index in [1.165, 1.54) is 24.3 Å². The molecule has 0 amide bonds. The molecule has 3 nitrogen and oxygen atoms in total. The standard InChI is InChI=1S/C18H11F4NO2S/c19-14-5-4-11(7-15(14)20)10-2-1-3-12(6-10)13-8-16(21)17(22)9-18(13)26(23,24)25/h1-9H,(H2,23,24,25). The van der Waals surface area contributed by atoms with E-state index in [0.717, 1.165) is 18.2 Å². The predicted octanol–water partition coefficient (Wildman–Crippen LogP) is 4.22. The van der Waals surface area contributed by atoms with E-state index in [4.69, 9.17) is 5.14 Å². The van der Waals surface area contributed by atoms with Crippen LogP contribution in [0, 0.1) is 23.3 Å². The highest BCUT2D eigenvalue weighted by Gasteiger charge is 2.20. The summed E-state index contributed by atoms with van der Waals surface area (Å²) in [6.07, 6.45) is 0. The fourth-order valence-electron chi connectivity index (χ4n) is 2.53. The van der Waals surface area contributed by atoms with E-state index in [9.17, 15) is 26.0 Å². The molecule has 3 aromatic rings. The second-order valence-corrected chi connectivity index (χ2v) is 7.05. The van der Waals surface area contributed by atoms with Crippen molar-refractivity contribution >= 4 is 10.0 Å². The molecule has 134 valence electrons. The molecule has 0 saturated heterocycles. The van der Waals surface area contributed by atoms with Crippen LogP contribution in [0.15, 0.2) is 59.5 Å². The van der Waals surface area contributed by atoms with Crippen molar-refractivity contribution in [3.05, 3.63) is 77.9 Å². The first-order valence-electron chi connectivity index (χ1n) is 7.24. The van der Waals surface area contributed by atoms with Gasteiger partial charge in [0.15, 0.2) is 23.3 Å². The van der Waals surface area contributed by atoms with Gasteiger partial charge in [-0.25, -0.2) is 31.1 Å². The monoisotopic (exact) mass is 381 g/mol. The zero-order valence-electron chi connectivity index (χ0n) is 13.0. The highest BCUT2D eigenvalue weighted by Crippen LogP contribution is 2.32. The van der Waals surface area contributed by atoms with E-state index in [0.29, 0.717) is 17.2 Å². The summed E-state index contributed by atoms with van der Waals surface area (Å²) in [5.74, 6) is -4.66. The molecule has 0 fully saturated rings. The summed E-state index contributed by atoms with van der Waals surface area (Å²) in [6.45, 7) is 0. The van der Waals surface area contributed by atoms with Crippen LogP contribution < -0.4 is 5.14 Å². The van der Waals surface area contributed by atoms with Crippen molar-refractivity contribution < 1.29 is 26.0 Å². The maximum absolute atomic E-state index is 13.7. The lowest BCUT2D eigenvalue weighted by molar-refractivity contribution is 0.505. The van der Waals surface area contributed by atoms with E-state index in [-0.39, 0.29) is 11.1 Å². The quantitative estimate of drug-likeness (QED) is 0.691. The highest BCUT2D eigenvalue weighted by molar-refractivity contribution is 7.89. The molecule has 3 aromatic carbocycles. The van der Waals surface area contributed by atoms with E-state index in [1.807, 2.05) is 0 Å².